The van der Waals surface area contributed by atoms with Crippen molar-refractivity contribution >= 4 is 5.97 Å². The van der Waals surface area contributed by atoms with Gasteiger partial charge in [0.05, 0.1) is 0 Å². The van der Waals surface area contributed by atoms with Gasteiger partial charge in [0.25, 0.3) is 0 Å². The van der Waals surface area contributed by atoms with Crippen LogP contribution in [-0.4, -0.2) is 32.2 Å². The normalized spacial score (nSPS) is 13.9. The fraction of sp³-hybridized carbons (Fsp3) is 0.708. The van der Waals surface area contributed by atoms with Crippen LogP contribution in [0.1, 0.15) is 102 Å². The second-order valence-electron chi connectivity index (χ2n) is 8.19. The van der Waals surface area contributed by atoms with Crippen LogP contribution in [0.15, 0.2) is 30.3 Å². The van der Waals surface area contributed by atoms with Crippen LogP contribution in [0.5, 0.6) is 0 Å². The number of carbonyl (C=O) groups is 1. The quantitative estimate of drug-likeness (QED) is 0.212. The standard InChI is InChI=1S/C24H40O5/c1-2-3-4-5-6-7-8-9-10-11-12-13-17-20-23(27,28)24(29,22(25)26)21-18-15-14-16-19-21/h14-16,18-19,27-29H,2-13,17,20H2,1H3,(H,25,26). The van der Waals surface area contributed by atoms with E-state index in [1.807, 2.05) is 0 Å². The number of unbranched alkanes of at least 4 members (excludes halogenated alkanes) is 12. The molecule has 1 unspecified atom stereocenters. The minimum Gasteiger partial charge on any atom is -0.479 e. The average molecular weight is 409 g/mol. The number of carboxylic acid groups (broad SMARTS) is 1. The van der Waals surface area contributed by atoms with Crippen molar-refractivity contribution in [2.45, 2.75) is 108 Å². The summed E-state index contributed by atoms with van der Waals surface area (Å²) in [5.41, 5.74) is -2.78. The van der Waals surface area contributed by atoms with Gasteiger partial charge in [0, 0.05) is 12.0 Å². The van der Waals surface area contributed by atoms with Gasteiger partial charge in [-0.1, -0.05) is 114 Å². The Hall–Kier alpha value is -1.43. The Balaban J connectivity index is 2.23. The topological polar surface area (TPSA) is 98.0 Å². The zero-order valence-corrected chi connectivity index (χ0v) is 18.0. The van der Waals surface area contributed by atoms with E-state index >= 15 is 0 Å². The first-order valence-electron chi connectivity index (χ1n) is 11.3. The molecule has 1 aromatic carbocycles. The first-order valence-corrected chi connectivity index (χ1v) is 11.3. The summed E-state index contributed by atoms with van der Waals surface area (Å²) in [6, 6.07) is 7.57. The molecule has 0 aromatic heterocycles. The molecule has 5 heteroatoms. The molecule has 0 aliphatic heterocycles. The minimum atomic E-state index is -2.74. The van der Waals surface area contributed by atoms with E-state index in [9.17, 15) is 25.2 Å². The lowest BCUT2D eigenvalue weighted by molar-refractivity contribution is -0.281. The smallest absolute Gasteiger partial charge is 0.346 e. The molecule has 1 rings (SSSR count). The molecule has 0 saturated carbocycles. The number of hydrogen-bond donors (Lipinski definition) is 4. The lowest BCUT2D eigenvalue weighted by Gasteiger charge is -2.36. The molecule has 0 fully saturated rings. The van der Waals surface area contributed by atoms with Gasteiger partial charge in [0.2, 0.25) is 11.4 Å². The molecule has 0 spiro atoms. The molecular weight excluding hydrogens is 368 g/mol. The van der Waals surface area contributed by atoms with Crippen LogP contribution in [0.3, 0.4) is 0 Å². The Morgan fingerprint density at radius 2 is 1.14 bits per heavy atom. The lowest BCUT2D eigenvalue weighted by atomic mass is 9.82. The Labute approximate surface area is 175 Å². The summed E-state index contributed by atoms with van der Waals surface area (Å²) in [4.78, 5) is 11.6. The van der Waals surface area contributed by atoms with Gasteiger partial charge in [-0.2, -0.15) is 0 Å². The molecule has 5 nitrogen and oxygen atoms in total. The summed E-state index contributed by atoms with van der Waals surface area (Å²) in [6.07, 6.45) is 14.8. The van der Waals surface area contributed by atoms with Gasteiger partial charge < -0.3 is 20.4 Å². The highest BCUT2D eigenvalue weighted by atomic mass is 16.5. The van der Waals surface area contributed by atoms with E-state index in [4.69, 9.17) is 0 Å². The fourth-order valence-electron chi connectivity index (χ4n) is 3.78. The number of rotatable bonds is 17. The van der Waals surface area contributed by atoms with Gasteiger partial charge in [0.15, 0.2) is 0 Å². The average Bonchev–Trinajstić information content (AvgIpc) is 2.71. The predicted octanol–water partition coefficient (Wildman–Crippen LogP) is 5.12. The molecule has 0 heterocycles. The molecule has 0 amide bonds. The van der Waals surface area contributed by atoms with Crippen molar-refractivity contribution in [3.8, 4) is 0 Å². The highest BCUT2D eigenvalue weighted by molar-refractivity contribution is 5.80. The number of aliphatic carboxylic acids is 1. The van der Waals surface area contributed by atoms with Gasteiger partial charge in [-0.15, -0.1) is 0 Å². The van der Waals surface area contributed by atoms with E-state index in [0.29, 0.717) is 6.42 Å². The number of hydrogen-bond acceptors (Lipinski definition) is 4. The molecule has 1 atom stereocenters. The van der Waals surface area contributed by atoms with Crippen molar-refractivity contribution in [1.29, 1.82) is 0 Å². The third-order valence-corrected chi connectivity index (χ3v) is 5.71. The van der Waals surface area contributed by atoms with Gasteiger partial charge in [0.1, 0.15) is 0 Å². The zero-order valence-electron chi connectivity index (χ0n) is 18.0. The molecule has 0 aliphatic carbocycles. The summed E-state index contributed by atoms with van der Waals surface area (Å²) in [5.74, 6) is -4.39. The summed E-state index contributed by atoms with van der Waals surface area (Å²) < 4.78 is 0. The lowest BCUT2D eigenvalue weighted by Crippen LogP contribution is -2.57. The number of aliphatic hydroxyl groups is 3. The van der Waals surface area contributed by atoms with Crippen molar-refractivity contribution in [1.82, 2.24) is 0 Å². The van der Waals surface area contributed by atoms with E-state index in [1.165, 1.54) is 69.9 Å². The first-order chi connectivity index (χ1) is 13.9. The highest BCUT2D eigenvalue weighted by Gasteiger charge is 2.55. The van der Waals surface area contributed by atoms with E-state index in [-0.39, 0.29) is 12.0 Å². The maximum Gasteiger partial charge on any atom is 0.346 e. The third-order valence-electron chi connectivity index (χ3n) is 5.71. The molecular formula is C24H40O5. The highest BCUT2D eigenvalue weighted by Crippen LogP contribution is 2.35. The molecule has 0 aliphatic rings. The second kappa shape index (κ2) is 13.7. The predicted molar refractivity (Wildman–Crippen MR) is 115 cm³/mol. The Bertz CT molecular complexity index is 558. The maximum absolute atomic E-state index is 11.6. The summed E-state index contributed by atoms with van der Waals surface area (Å²) in [6.45, 7) is 2.23. The third kappa shape index (κ3) is 8.45. The van der Waals surface area contributed by atoms with E-state index < -0.39 is 17.4 Å². The number of carboxylic acids is 1. The summed E-state index contributed by atoms with van der Waals surface area (Å²) in [5, 5.41) is 40.8. The van der Waals surface area contributed by atoms with E-state index in [1.54, 1.807) is 18.2 Å². The van der Waals surface area contributed by atoms with Crippen LogP contribution in [-0.2, 0) is 10.4 Å². The molecule has 166 valence electrons. The Morgan fingerprint density at radius 1 is 0.724 bits per heavy atom. The molecule has 29 heavy (non-hydrogen) atoms. The van der Waals surface area contributed by atoms with E-state index in [0.717, 1.165) is 19.3 Å². The van der Waals surface area contributed by atoms with Crippen LogP contribution < -0.4 is 0 Å². The van der Waals surface area contributed by atoms with Crippen molar-refractivity contribution < 1.29 is 25.2 Å². The summed E-state index contributed by atoms with van der Waals surface area (Å²) in [7, 11) is 0. The van der Waals surface area contributed by atoms with Crippen molar-refractivity contribution in [3.63, 3.8) is 0 Å². The Morgan fingerprint density at radius 3 is 1.55 bits per heavy atom. The second-order valence-corrected chi connectivity index (χ2v) is 8.19. The van der Waals surface area contributed by atoms with Gasteiger partial charge in [-0.3, -0.25) is 0 Å². The van der Waals surface area contributed by atoms with Crippen molar-refractivity contribution in [2.75, 3.05) is 0 Å². The number of benzene rings is 1. The first kappa shape index (κ1) is 25.6. The minimum absolute atomic E-state index is 0.0350. The van der Waals surface area contributed by atoms with Crippen LogP contribution >= 0.6 is 0 Å². The van der Waals surface area contributed by atoms with Crippen LogP contribution in [0.4, 0.5) is 0 Å². The van der Waals surface area contributed by atoms with Gasteiger partial charge >= 0.3 is 5.97 Å². The largest absolute Gasteiger partial charge is 0.479 e. The molecule has 0 bridgehead atoms. The Kier molecular flexibility index (Phi) is 12.1. The SMILES string of the molecule is CCCCCCCCCCCCCCCC(O)(O)C(O)(C(=O)O)c1ccccc1. The van der Waals surface area contributed by atoms with Crippen molar-refractivity contribution in [3.05, 3.63) is 35.9 Å². The van der Waals surface area contributed by atoms with E-state index in [2.05, 4.69) is 6.92 Å². The molecule has 0 radical (unpaired) electrons. The van der Waals surface area contributed by atoms with Crippen LogP contribution in [0, 0.1) is 0 Å². The zero-order chi connectivity index (χ0) is 21.6. The van der Waals surface area contributed by atoms with Crippen molar-refractivity contribution in [2.24, 2.45) is 0 Å². The van der Waals surface area contributed by atoms with Crippen LogP contribution in [0.25, 0.3) is 0 Å². The van der Waals surface area contributed by atoms with Crippen LogP contribution in [0.2, 0.25) is 0 Å². The molecule has 1 aromatic rings. The monoisotopic (exact) mass is 408 g/mol. The maximum atomic E-state index is 11.6. The molecule has 0 saturated heterocycles. The fourth-order valence-corrected chi connectivity index (χ4v) is 3.78. The summed E-state index contributed by atoms with van der Waals surface area (Å²) >= 11 is 0. The molecule has 4 N–H and O–H groups in total. The van der Waals surface area contributed by atoms with Gasteiger partial charge in [-0.05, 0) is 6.42 Å². The van der Waals surface area contributed by atoms with Gasteiger partial charge in [-0.25, -0.2) is 4.79 Å².